The fourth-order valence-electron chi connectivity index (χ4n) is 4.49. The molecule has 1 saturated heterocycles. The van der Waals surface area contributed by atoms with E-state index in [4.69, 9.17) is 0 Å². The Morgan fingerprint density at radius 3 is 2.58 bits per heavy atom. The molecule has 5 nitrogen and oxygen atoms in total. The van der Waals surface area contributed by atoms with Crippen LogP contribution in [0, 0.1) is 11.3 Å². The topological polar surface area (TPSA) is 62.3 Å². The monoisotopic (exact) mass is 421 g/mol. The molecule has 1 fully saturated rings. The first-order valence-corrected chi connectivity index (χ1v) is 11.4. The first kappa shape index (κ1) is 23.0. The number of carbonyl (C=O) groups is 2. The number of aromatic nitrogens is 1. The van der Waals surface area contributed by atoms with Gasteiger partial charge in [0.25, 0.3) is 0 Å². The van der Waals surface area contributed by atoms with Gasteiger partial charge in [-0.15, -0.1) is 0 Å². The van der Waals surface area contributed by atoms with Gasteiger partial charge in [0, 0.05) is 43.5 Å². The van der Waals surface area contributed by atoms with Gasteiger partial charge < -0.3 is 10.2 Å². The summed E-state index contributed by atoms with van der Waals surface area (Å²) >= 11 is 0. The van der Waals surface area contributed by atoms with E-state index in [0.717, 1.165) is 36.1 Å². The molecule has 2 amide bonds. The molecule has 0 bridgehead atoms. The number of nitrogens with one attached hydrogen (secondary N) is 1. The maximum atomic E-state index is 13.5. The molecule has 5 heteroatoms. The maximum Gasteiger partial charge on any atom is 0.228 e. The van der Waals surface area contributed by atoms with Crippen LogP contribution < -0.4 is 5.32 Å². The van der Waals surface area contributed by atoms with Crippen molar-refractivity contribution in [2.75, 3.05) is 13.1 Å². The average Bonchev–Trinajstić information content (AvgIpc) is 2.74. The lowest BCUT2D eigenvalue weighted by Crippen LogP contribution is -2.55. The van der Waals surface area contributed by atoms with Gasteiger partial charge in [-0.2, -0.15) is 0 Å². The lowest BCUT2D eigenvalue weighted by Gasteiger charge is -2.42. The molecule has 1 aliphatic rings. The van der Waals surface area contributed by atoms with E-state index in [2.05, 4.69) is 36.3 Å². The summed E-state index contributed by atoms with van der Waals surface area (Å²) in [5.74, 6) is 0.502. The minimum atomic E-state index is -0.631. The van der Waals surface area contributed by atoms with Crippen molar-refractivity contribution in [2.45, 2.75) is 59.4 Å². The van der Waals surface area contributed by atoms with E-state index in [1.807, 2.05) is 49.2 Å². The van der Waals surface area contributed by atoms with Gasteiger partial charge in [0.05, 0.1) is 5.41 Å². The standard InChI is InChI=1S/C26H35N3O2/c1-19(2)15-24(30)29-14-8-12-26(18-29,25(31)28-20(3)4)16-21-9-5-6-11-23(21)22-10-7-13-27-17-22/h5-7,9-11,13,17,19-20H,8,12,14-16,18H2,1-4H3,(H,28,31)/t26-/m0/s1. The summed E-state index contributed by atoms with van der Waals surface area (Å²) in [6.07, 6.45) is 6.36. The molecule has 1 aromatic heterocycles. The number of rotatable bonds is 7. The van der Waals surface area contributed by atoms with Crippen LogP contribution in [0.2, 0.25) is 0 Å². The Hall–Kier alpha value is -2.69. The molecule has 2 heterocycles. The van der Waals surface area contributed by atoms with Crippen molar-refractivity contribution in [3.05, 3.63) is 54.4 Å². The van der Waals surface area contributed by atoms with Crippen molar-refractivity contribution in [1.82, 2.24) is 15.2 Å². The molecule has 1 N–H and O–H groups in total. The van der Waals surface area contributed by atoms with Gasteiger partial charge in [0.15, 0.2) is 0 Å². The maximum absolute atomic E-state index is 13.5. The Kier molecular flexibility index (Phi) is 7.47. The molecule has 166 valence electrons. The number of likely N-dealkylation sites (tertiary alicyclic amines) is 1. The highest BCUT2D eigenvalue weighted by Crippen LogP contribution is 2.37. The van der Waals surface area contributed by atoms with Crippen molar-refractivity contribution in [3.8, 4) is 11.1 Å². The second-order valence-electron chi connectivity index (χ2n) is 9.50. The Bertz CT molecular complexity index is 895. The Balaban J connectivity index is 1.96. The first-order valence-electron chi connectivity index (χ1n) is 11.4. The number of piperidine rings is 1. The highest BCUT2D eigenvalue weighted by atomic mass is 16.2. The minimum absolute atomic E-state index is 0.0468. The van der Waals surface area contributed by atoms with Crippen LogP contribution in [0.3, 0.4) is 0 Å². The van der Waals surface area contributed by atoms with Crippen LogP contribution in [-0.4, -0.2) is 40.8 Å². The fourth-order valence-corrected chi connectivity index (χ4v) is 4.49. The SMILES string of the molecule is CC(C)CC(=O)N1CCC[C@@](Cc2ccccc2-c2cccnc2)(C(=O)NC(C)C)C1. The third kappa shape index (κ3) is 5.72. The number of hydrogen-bond acceptors (Lipinski definition) is 3. The normalized spacial score (nSPS) is 19.0. The van der Waals surface area contributed by atoms with Crippen molar-refractivity contribution in [3.63, 3.8) is 0 Å². The third-order valence-electron chi connectivity index (χ3n) is 5.93. The van der Waals surface area contributed by atoms with E-state index in [1.54, 1.807) is 6.20 Å². The summed E-state index contributed by atoms with van der Waals surface area (Å²) < 4.78 is 0. The zero-order chi connectivity index (χ0) is 22.4. The summed E-state index contributed by atoms with van der Waals surface area (Å²) in [4.78, 5) is 32.6. The fraction of sp³-hybridized carbons (Fsp3) is 0.500. The second-order valence-corrected chi connectivity index (χ2v) is 9.50. The van der Waals surface area contributed by atoms with E-state index in [1.165, 1.54) is 0 Å². The lowest BCUT2D eigenvalue weighted by molar-refractivity contribution is -0.142. The molecule has 0 aliphatic carbocycles. The summed E-state index contributed by atoms with van der Waals surface area (Å²) in [7, 11) is 0. The van der Waals surface area contributed by atoms with Crippen LogP contribution in [0.5, 0.6) is 0 Å². The summed E-state index contributed by atoms with van der Waals surface area (Å²) in [6.45, 7) is 9.29. The summed E-state index contributed by atoms with van der Waals surface area (Å²) in [6, 6.07) is 12.3. The van der Waals surface area contributed by atoms with Crippen LogP contribution in [0.1, 0.15) is 52.5 Å². The summed E-state index contributed by atoms with van der Waals surface area (Å²) in [5.41, 5.74) is 2.62. The molecular formula is C26H35N3O2. The van der Waals surface area contributed by atoms with Crippen molar-refractivity contribution >= 4 is 11.8 Å². The van der Waals surface area contributed by atoms with Gasteiger partial charge in [0.2, 0.25) is 11.8 Å². The minimum Gasteiger partial charge on any atom is -0.353 e. The number of nitrogens with zero attached hydrogens (tertiary/aromatic N) is 2. The van der Waals surface area contributed by atoms with Gasteiger partial charge in [0.1, 0.15) is 0 Å². The van der Waals surface area contributed by atoms with Crippen LogP contribution in [0.25, 0.3) is 11.1 Å². The van der Waals surface area contributed by atoms with Crippen molar-refractivity contribution in [2.24, 2.45) is 11.3 Å². The first-order chi connectivity index (χ1) is 14.8. The van der Waals surface area contributed by atoms with E-state index in [0.29, 0.717) is 25.3 Å². The largest absolute Gasteiger partial charge is 0.353 e. The molecule has 31 heavy (non-hydrogen) atoms. The van der Waals surface area contributed by atoms with Gasteiger partial charge in [-0.3, -0.25) is 14.6 Å². The smallest absolute Gasteiger partial charge is 0.228 e. The average molecular weight is 422 g/mol. The zero-order valence-electron chi connectivity index (χ0n) is 19.2. The van der Waals surface area contributed by atoms with Gasteiger partial charge in [-0.1, -0.05) is 44.2 Å². The molecule has 1 atom stereocenters. The van der Waals surface area contributed by atoms with E-state index in [-0.39, 0.29) is 17.9 Å². The van der Waals surface area contributed by atoms with Crippen LogP contribution in [0.15, 0.2) is 48.8 Å². The van der Waals surface area contributed by atoms with Gasteiger partial charge in [-0.05, 0) is 56.2 Å². The van der Waals surface area contributed by atoms with Gasteiger partial charge in [-0.25, -0.2) is 0 Å². The number of hydrogen-bond donors (Lipinski definition) is 1. The molecule has 3 rings (SSSR count). The Morgan fingerprint density at radius 2 is 1.90 bits per heavy atom. The van der Waals surface area contributed by atoms with E-state index in [9.17, 15) is 9.59 Å². The van der Waals surface area contributed by atoms with Crippen LogP contribution in [-0.2, 0) is 16.0 Å². The molecule has 0 radical (unpaired) electrons. The number of pyridine rings is 1. The molecule has 0 spiro atoms. The number of benzene rings is 1. The zero-order valence-corrected chi connectivity index (χ0v) is 19.2. The Morgan fingerprint density at radius 1 is 1.13 bits per heavy atom. The third-order valence-corrected chi connectivity index (χ3v) is 5.93. The molecule has 2 aromatic rings. The lowest BCUT2D eigenvalue weighted by atomic mass is 9.73. The van der Waals surface area contributed by atoms with Crippen LogP contribution in [0.4, 0.5) is 0 Å². The molecule has 0 saturated carbocycles. The second kappa shape index (κ2) is 10.1. The predicted octanol–water partition coefficient (Wildman–Crippen LogP) is 4.47. The Labute approximate surface area is 186 Å². The molecule has 0 unspecified atom stereocenters. The molecule has 1 aromatic carbocycles. The van der Waals surface area contributed by atoms with Crippen molar-refractivity contribution < 1.29 is 9.59 Å². The van der Waals surface area contributed by atoms with E-state index < -0.39 is 5.41 Å². The van der Waals surface area contributed by atoms with Crippen LogP contribution >= 0.6 is 0 Å². The van der Waals surface area contributed by atoms with Crippen molar-refractivity contribution in [1.29, 1.82) is 0 Å². The highest BCUT2D eigenvalue weighted by molar-refractivity contribution is 5.85. The number of amides is 2. The van der Waals surface area contributed by atoms with E-state index >= 15 is 0 Å². The molecular weight excluding hydrogens is 386 g/mol. The highest BCUT2D eigenvalue weighted by Gasteiger charge is 2.44. The van der Waals surface area contributed by atoms with Gasteiger partial charge >= 0.3 is 0 Å². The summed E-state index contributed by atoms with van der Waals surface area (Å²) in [5, 5.41) is 3.14. The quantitative estimate of drug-likeness (QED) is 0.717. The predicted molar refractivity (Wildman–Crippen MR) is 124 cm³/mol. The number of carbonyl (C=O) groups excluding carboxylic acids is 2. The molecule has 1 aliphatic heterocycles.